The van der Waals surface area contributed by atoms with Crippen LogP contribution in [0.15, 0.2) is 23.3 Å². The third-order valence-corrected chi connectivity index (χ3v) is 6.14. The second-order valence-corrected chi connectivity index (χ2v) is 8.90. The smallest absolute Gasteiger partial charge is 0.0776 e. The zero-order valence-electron chi connectivity index (χ0n) is 19.7. The first-order chi connectivity index (χ1) is 14.0. The molecule has 0 radical (unpaired) electrons. The van der Waals surface area contributed by atoms with Gasteiger partial charge in [0, 0.05) is 12.3 Å². The molecule has 0 aliphatic carbocycles. The molecule has 6 heteroatoms. The van der Waals surface area contributed by atoms with E-state index in [1.807, 2.05) is 40.7 Å². The molecule has 0 fully saturated rings. The van der Waals surface area contributed by atoms with Gasteiger partial charge >= 0.3 is 0 Å². The molecule has 0 aromatic carbocycles. The lowest BCUT2D eigenvalue weighted by atomic mass is 9.86. The average molecular weight is 431 g/mol. The molecule has 0 aromatic rings. The summed E-state index contributed by atoms with van der Waals surface area (Å²) in [5.74, 6) is -0.204. The van der Waals surface area contributed by atoms with Crippen LogP contribution in [0.4, 0.5) is 0 Å². The lowest BCUT2D eigenvalue weighted by Gasteiger charge is -2.26. The van der Waals surface area contributed by atoms with Crippen LogP contribution in [0.5, 0.6) is 0 Å². The molecule has 0 heterocycles. The van der Waals surface area contributed by atoms with Crippen LogP contribution in [-0.4, -0.2) is 67.8 Å². The summed E-state index contributed by atoms with van der Waals surface area (Å²) in [5.41, 5.74) is 1.59. The maximum absolute atomic E-state index is 10.5. The first kappa shape index (κ1) is 29.2. The van der Waals surface area contributed by atoms with Crippen molar-refractivity contribution in [2.24, 2.45) is 17.8 Å². The van der Waals surface area contributed by atoms with E-state index >= 15 is 0 Å². The largest absolute Gasteiger partial charge is 0.393 e. The Kier molecular flexibility index (Phi) is 14.7. The van der Waals surface area contributed by atoms with Crippen molar-refractivity contribution in [3.8, 4) is 0 Å². The second kappa shape index (κ2) is 15.1. The van der Waals surface area contributed by atoms with Gasteiger partial charge in [-0.3, -0.25) is 0 Å². The molecule has 0 saturated carbocycles. The molecule has 0 saturated heterocycles. The molecule has 178 valence electrons. The van der Waals surface area contributed by atoms with Gasteiger partial charge in [-0.1, -0.05) is 46.8 Å². The van der Waals surface area contributed by atoms with Gasteiger partial charge in [0.15, 0.2) is 0 Å². The van der Waals surface area contributed by atoms with Crippen molar-refractivity contribution >= 4 is 0 Å². The minimum atomic E-state index is -0.864. The third kappa shape index (κ3) is 10.5. The summed E-state index contributed by atoms with van der Waals surface area (Å²) in [6.07, 6.45) is 2.08. The van der Waals surface area contributed by atoms with Crippen LogP contribution in [0.2, 0.25) is 0 Å². The van der Waals surface area contributed by atoms with Gasteiger partial charge in [0.1, 0.15) is 0 Å². The van der Waals surface area contributed by atoms with E-state index in [-0.39, 0.29) is 37.2 Å². The van der Waals surface area contributed by atoms with Crippen molar-refractivity contribution < 1.29 is 30.6 Å². The number of hydrogen-bond acceptors (Lipinski definition) is 6. The van der Waals surface area contributed by atoms with Crippen LogP contribution in [0.25, 0.3) is 0 Å². The molecule has 0 bridgehead atoms. The van der Waals surface area contributed by atoms with Gasteiger partial charge < -0.3 is 30.6 Å². The highest BCUT2D eigenvalue weighted by Crippen LogP contribution is 2.25. The number of aliphatic hydroxyl groups is 6. The fourth-order valence-electron chi connectivity index (χ4n) is 3.96. The van der Waals surface area contributed by atoms with E-state index < -0.39 is 30.5 Å². The minimum Gasteiger partial charge on any atom is -0.393 e. The molecule has 30 heavy (non-hydrogen) atoms. The SMILES string of the molecule is CC/C(=C\CO)C(O)C(C)CC(C)/C=C(\C)C(O)C[C@H](O)CC(O)C(C)[C@@H](O)CC. The van der Waals surface area contributed by atoms with Crippen LogP contribution >= 0.6 is 0 Å². The molecular weight excluding hydrogens is 384 g/mol. The Labute approximate surface area is 183 Å². The number of allylic oxidation sites excluding steroid dienone is 1. The molecule has 0 aliphatic heterocycles. The Morgan fingerprint density at radius 3 is 1.97 bits per heavy atom. The van der Waals surface area contributed by atoms with Crippen LogP contribution in [0, 0.1) is 17.8 Å². The first-order valence-corrected chi connectivity index (χ1v) is 11.4. The lowest BCUT2D eigenvalue weighted by molar-refractivity contribution is -0.0146. The summed E-state index contributed by atoms with van der Waals surface area (Å²) in [7, 11) is 0. The minimum absolute atomic E-state index is 0.00570. The molecule has 6 unspecified atom stereocenters. The summed E-state index contributed by atoms with van der Waals surface area (Å²) >= 11 is 0. The van der Waals surface area contributed by atoms with E-state index in [1.54, 1.807) is 13.0 Å². The predicted octanol–water partition coefficient (Wildman–Crippen LogP) is 2.55. The van der Waals surface area contributed by atoms with E-state index in [1.165, 1.54) is 0 Å². The van der Waals surface area contributed by atoms with Gasteiger partial charge in [0.2, 0.25) is 0 Å². The highest BCUT2D eigenvalue weighted by molar-refractivity contribution is 5.10. The van der Waals surface area contributed by atoms with Crippen LogP contribution in [-0.2, 0) is 0 Å². The maximum atomic E-state index is 10.5. The third-order valence-electron chi connectivity index (χ3n) is 6.14. The molecule has 0 aromatic heterocycles. The van der Waals surface area contributed by atoms with Gasteiger partial charge in [0.25, 0.3) is 0 Å². The standard InChI is InChI=1S/C24H46O6/c1-7-19(9-10-25)24(30)17(5)12-15(3)11-16(4)22(28)13-20(26)14-23(29)18(6)21(27)8-2/h9,11,15,17-18,20-30H,7-8,10,12-14H2,1-6H3/b16-11+,19-9+/t15?,17?,18?,20-,21-,22?,23?,24?/m0/s1. The Balaban J connectivity index is 4.73. The number of aliphatic hydroxyl groups excluding tert-OH is 6. The predicted molar refractivity (Wildman–Crippen MR) is 121 cm³/mol. The molecule has 0 aliphatic rings. The van der Waals surface area contributed by atoms with Crippen molar-refractivity contribution in [1.29, 1.82) is 0 Å². The Morgan fingerprint density at radius 1 is 0.867 bits per heavy atom. The zero-order chi connectivity index (χ0) is 23.4. The van der Waals surface area contributed by atoms with Gasteiger partial charge in [-0.2, -0.15) is 0 Å². The molecule has 6 nitrogen and oxygen atoms in total. The summed E-state index contributed by atoms with van der Waals surface area (Å²) in [5, 5.41) is 60.3. The molecule has 8 atom stereocenters. The van der Waals surface area contributed by atoms with Gasteiger partial charge in [-0.15, -0.1) is 0 Å². The second-order valence-electron chi connectivity index (χ2n) is 8.90. The fourth-order valence-corrected chi connectivity index (χ4v) is 3.96. The normalized spacial score (nSPS) is 21.5. The summed E-state index contributed by atoms with van der Waals surface area (Å²) in [4.78, 5) is 0. The van der Waals surface area contributed by atoms with Crippen molar-refractivity contribution in [2.75, 3.05) is 6.61 Å². The molecular formula is C24H46O6. The first-order valence-electron chi connectivity index (χ1n) is 11.4. The number of rotatable bonds is 15. The highest BCUT2D eigenvalue weighted by atomic mass is 16.3. The average Bonchev–Trinajstić information content (AvgIpc) is 2.69. The molecule has 0 rings (SSSR count). The van der Waals surface area contributed by atoms with Gasteiger partial charge in [-0.05, 0) is 55.6 Å². The van der Waals surface area contributed by atoms with Gasteiger partial charge in [0.05, 0.1) is 37.1 Å². The molecule has 0 spiro atoms. The lowest BCUT2D eigenvalue weighted by Crippen LogP contribution is -2.33. The quantitative estimate of drug-likeness (QED) is 0.222. The maximum Gasteiger partial charge on any atom is 0.0776 e. The van der Waals surface area contributed by atoms with E-state index in [4.69, 9.17) is 5.11 Å². The van der Waals surface area contributed by atoms with E-state index in [9.17, 15) is 25.5 Å². The monoisotopic (exact) mass is 430 g/mol. The Hall–Kier alpha value is -0.760. The summed E-state index contributed by atoms with van der Waals surface area (Å²) in [6.45, 7) is 11.3. The van der Waals surface area contributed by atoms with Crippen LogP contribution in [0.3, 0.4) is 0 Å². The van der Waals surface area contributed by atoms with Crippen LogP contribution < -0.4 is 0 Å². The topological polar surface area (TPSA) is 121 Å². The van der Waals surface area contributed by atoms with E-state index in [0.717, 1.165) is 17.6 Å². The zero-order valence-corrected chi connectivity index (χ0v) is 19.7. The van der Waals surface area contributed by atoms with E-state index in [0.29, 0.717) is 12.8 Å². The Bertz CT molecular complexity index is 518. The van der Waals surface area contributed by atoms with Crippen molar-refractivity contribution in [1.82, 2.24) is 0 Å². The van der Waals surface area contributed by atoms with Crippen molar-refractivity contribution in [3.05, 3.63) is 23.3 Å². The summed E-state index contributed by atoms with van der Waals surface area (Å²) in [6, 6.07) is 0. The summed E-state index contributed by atoms with van der Waals surface area (Å²) < 4.78 is 0. The van der Waals surface area contributed by atoms with Crippen molar-refractivity contribution in [2.45, 2.75) is 104 Å². The van der Waals surface area contributed by atoms with E-state index in [2.05, 4.69) is 0 Å². The Morgan fingerprint density at radius 2 is 1.47 bits per heavy atom. The number of hydrogen-bond donors (Lipinski definition) is 6. The van der Waals surface area contributed by atoms with Crippen LogP contribution in [0.1, 0.15) is 73.6 Å². The highest BCUT2D eigenvalue weighted by Gasteiger charge is 2.25. The molecule has 6 N–H and O–H groups in total. The van der Waals surface area contributed by atoms with Gasteiger partial charge in [-0.25, -0.2) is 0 Å². The molecule has 0 amide bonds. The fraction of sp³-hybridized carbons (Fsp3) is 0.833. The van der Waals surface area contributed by atoms with Crippen molar-refractivity contribution in [3.63, 3.8) is 0 Å².